The average Bonchev–Trinajstić information content (AvgIpc) is 2.71. The lowest BCUT2D eigenvalue weighted by Gasteiger charge is -2.16. The lowest BCUT2D eigenvalue weighted by Crippen LogP contribution is -2.19. The molecule has 0 fully saturated rings. The van der Waals surface area contributed by atoms with Crippen LogP contribution in [0.15, 0.2) is 6.20 Å². The smallest absolute Gasteiger partial charge is 0.163 e. The topological polar surface area (TPSA) is 91.3 Å². The van der Waals surface area contributed by atoms with Gasteiger partial charge in [0.2, 0.25) is 0 Å². The average molecular weight is 293 g/mol. The quantitative estimate of drug-likeness (QED) is 0.673. The zero-order valence-corrected chi connectivity index (χ0v) is 12.7. The van der Waals surface area contributed by atoms with Crippen LogP contribution in [0.1, 0.15) is 33.5 Å². The van der Waals surface area contributed by atoms with Crippen LogP contribution in [-0.4, -0.2) is 31.2 Å². The van der Waals surface area contributed by atoms with E-state index in [9.17, 15) is 0 Å². The normalized spacial score (nSPS) is 11.8. The first-order chi connectivity index (χ1) is 9.20. The Bertz CT molecular complexity index is 695. The predicted octanol–water partition coefficient (Wildman–Crippen LogP) is 2.84. The highest BCUT2D eigenvalue weighted by Crippen LogP contribution is 2.25. The minimum absolute atomic E-state index is 0.196. The first kappa shape index (κ1) is 14.6. The van der Waals surface area contributed by atoms with Gasteiger partial charge in [-0.15, -0.1) is 0 Å². The predicted molar refractivity (Wildman–Crippen MR) is 80.2 cm³/mol. The van der Waals surface area contributed by atoms with Crippen LogP contribution in [0.3, 0.4) is 0 Å². The summed E-state index contributed by atoms with van der Waals surface area (Å²) in [4.78, 5) is 8.82. The largest absolute Gasteiger partial charge is 0.304 e. The third-order valence-corrected chi connectivity index (χ3v) is 3.17. The zero-order valence-electron chi connectivity index (χ0n) is 12.0. The molecule has 106 valence electrons. The summed E-state index contributed by atoms with van der Waals surface area (Å²) in [6.07, 6.45) is 1.59. The Morgan fingerprint density at radius 2 is 1.95 bits per heavy atom. The number of nitrogens with zero attached hydrogens (tertiary/aromatic N) is 4. The Balaban J connectivity index is 2.56. The summed E-state index contributed by atoms with van der Waals surface area (Å²) in [6.45, 7) is 7.81. The molecule has 0 amide bonds. The summed E-state index contributed by atoms with van der Waals surface area (Å²) in [5, 5.41) is 20.5. The van der Waals surface area contributed by atoms with Crippen molar-refractivity contribution in [2.24, 2.45) is 0 Å². The van der Waals surface area contributed by atoms with E-state index in [1.165, 1.54) is 0 Å². The van der Waals surface area contributed by atoms with E-state index < -0.39 is 0 Å². The molecular weight excluding hydrogens is 276 g/mol. The number of nitrogens with one attached hydrogen (secondary N) is 2. The molecule has 2 aromatic heterocycles. The highest BCUT2D eigenvalue weighted by atomic mass is 35.5. The highest BCUT2D eigenvalue weighted by molar-refractivity contribution is 6.39. The van der Waals surface area contributed by atoms with Crippen LogP contribution in [0.4, 0.5) is 0 Å². The van der Waals surface area contributed by atoms with Crippen molar-refractivity contribution in [1.29, 1.82) is 10.8 Å². The van der Waals surface area contributed by atoms with Gasteiger partial charge in [-0.05, 0) is 6.92 Å². The molecule has 0 aliphatic heterocycles. The fraction of sp³-hybridized carbons (Fsp3) is 0.462. The van der Waals surface area contributed by atoms with E-state index in [2.05, 4.69) is 15.1 Å². The van der Waals surface area contributed by atoms with Gasteiger partial charge in [-0.3, -0.25) is 0 Å². The molecule has 2 aromatic rings. The molecule has 20 heavy (non-hydrogen) atoms. The summed E-state index contributed by atoms with van der Waals surface area (Å²) < 4.78 is 1.58. The van der Waals surface area contributed by atoms with E-state index in [4.69, 9.17) is 22.4 Å². The molecule has 0 spiro atoms. The number of halogens is 1. The molecule has 0 aliphatic carbocycles. The third kappa shape index (κ3) is 2.70. The molecule has 0 radical (unpaired) electrons. The van der Waals surface area contributed by atoms with E-state index in [-0.39, 0.29) is 23.4 Å². The van der Waals surface area contributed by atoms with Crippen molar-refractivity contribution >= 4 is 34.1 Å². The van der Waals surface area contributed by atoms with Gasteiger partial charge in [-0.25, -0.2) is 14.6 Å². The molecule has 0 unspecified atom stereocenters. The standard InChI is InChI=1S/C13H17ClN6/c1-7(15)9(16)6-20-11-8(5-17-20)10(14)18-12(19-11)13(2,3)4/h5,15-16H,6H2,1-4H3. The second kappa shape index (κ2) is 4.94. The maximum atomic E-state index is 7.76. The molecule has 2 rings (SSSR count). The molecule has 2 N–H and O–H groups in total. The van der Waals surface area contributed by atoms with Crippen LogP contribution < -0.4 is 0 Å². The number of aromatic nitrogens is 4. The second-order valence-corrected chi connectivity index (χ2v) is 6.09. The molecule has 0 bridgehead atoms. The van der Waals surface area contributed by atoms with Gasteiger partial charge in [0.05, 0.1) is 29.6 Å². The molecule has 0 saturated heterocycles. The zero-order chi connectivity index (χ0) is 15.1. The minimum Gasteiger partial charge on any atom is -0.304 e. The van der Waals surface area contributed by atoms with E-state index in [0.717, 1.165) is 0 Å². The first-order valence-electron chi connectivity index (χ1n) is 6.22. The van der Waals surface area contributed by atoms with Crippen LogP contribution in [0.5, 0.6) is 0 Å². The van der Waals surface area contributed by atoms with Gasteiger partial charge in [0.25, 0.3) is 0 Å². The van der Waals surface area contributed by atoms with Gasteiger partial charge in [-0.1, -0.05) is 32.4 Å². The van der Waals surface area contributed by atoms with E-state index >= 15 is 0 Å². The van der Waals surface area contributed by atoms with Crippen LogP contribution >= 0.6 is 11.6 Å². The van der Waals surface area contributed by atoms with Gasteiger partial charge < -0.3 is 10.8 Å². The van der Waals surface area contributed by atoms with Crippen molar-refractivity contribution in [3.63, 3.8) is 0 Å². The molecular formula is C13H17ClN6. The lowest BCUT2D eigenvalue weighted by atomic mass is 9.96. The van der Waals surface area contributed by atoms with Crippen molar-refractivity contribution in [3.8, 4) is 0 Å². The van der Waals surface area contributed by atoms with E-state index in [1.807, 2.05) is 20.8 Å². The van der Waals surface area contributed by atoms with Crippen LogP contribution in [-0.2, 0) is 12.0 Å². The van der Waals surface area contributed by atoms with E-state index in [1.54, 1.807) is 17.8 Å². The van der Waals surface area contributed by atoms with Gasteiger partial charge in [0, 0.05) is 5.41 Å². The molecule has 2 heterocycles. The van der Waals surface area contributed by atoms with Crippen LogP contribution in [0.25, 0.3) is 11.0 Å². The molecule has 7 heteroatoms. The first-order valence-corrected chi connectivity index (χ1v) is 6.60. The van der Waals surface area contributed by atoms with Crippen molar-refractivity contribution in [2.45, 2.75) is 39.7 Å². The number of hydrogen-bond donors (Lipinski definition) is 2. The third-order valence-electron chi connectivity index (χ3n) is 2.88. The van der Waals surface area contributed by atoms with E-state index in [0.29, 0.717) is 22.0 Å². The van der Waals surface area contributed by atoms with Gasteiger partial charge in [0.1, 0.15) is 11.0 Å². The Hall–Kier alpha value is -1.82. The van der Waals surface area contributed by atoms with Gasteiger partial charge in [-0.2, -0.15) is 5.10 Å². The van der Waals surface area contributed by atoms with Crippen molar-refractivity contribution in [3.05, 3.63) is 17.2 Å². The maximum absolute atomic E-state index is 7.76. The van der Waals surface area contributed by atoms with Crippen molar-refractivity contribution < 1.29 is 0 Å². The summed E-state index contributed by atoms with van der Waals surface area (Å²) in [5.74, 6) is 0.634. The maximum Gasteiger partial charge on any atom is 0.163 e. The van der Waals surface area contributed by atoms with Crippen molar-refractivity contribution in [2.75, 3.05) is 0 Å². The summed E-state index contributed by atoms with van der Waals surface area (Å²) in [5.41, 5.74) is 0.783. The van der Waals surface area contributed by atoms with Crippen LogP contribution in [0, 0.1) is 10.8 Å². The van der Waals surface area contributed by atoms with Gasteiger partial charge in [0.15, 0.2) is 5.65 Å². The fourth-order valence-corrected chi connectivity index (χ4v) is 1.85. The lowest BCUT2D eigenvalue weighted by molar-refractivity contribution is 0.546. The van der Waals surface area contributed by atoms with Crippen molar-refractivity contribution in [1.82, 2.24) is 19.7 Å². The summed E-state index contributed by atoms with van der Waals surface area (Å²) in [7, 11) is 0. The molecule has 0 aliphatic rings. The fourth-order valence-electron chi connectivity index (χ4n) is 1.64. The molecule has 0 atom stereocenters. The number of hydrogen-bond acceptors (Lipinski definition) is 5. The molecule has 0 saturated carbocycles. The number of rotatable bonds is 3. The number of fused-ring (bicyclic) bond motifs is 1. The highest BCUT2D eigenvalue weighted by Gasteiger charge is 2.21. The minimum atomic E-state index is -0.224. The summed E-state index contributed by atoms with van der Waals surface area (Å²) >= 11 is 6.18. The Kier molecular flexibility index (Phi) is 3.60. The SMILES string of the molecule is CC(=N)C(=N)Cn1ncc2c(Cl)nc(C(C)(C)C)nc21. The molecule has 0 aromatic carbocycles. The summed E-state index contributed by atoms with van der Waals surface area (Å²) in [6, 6.07) is 0. The second-order valence-electron chi connectivity index (χ2n) is 5.73. The van der Waals surface area contributed by atoms with Crippen LogP contribution in [0.2, 0.25) is 5.15 Å². The Labute approximate surface area is 122 Å². The monoisotopic (exact) mass is 292 g/mol. The Morgan fingerprint density at radius 1 is 1.30 bits per heavy atom. The Morgan fingerprint density at radius 3 is 2.50 bits per heavy atom. The van der Waals surface area contributed by atoms with Gasteiger partial charge >= 0.3 is 0 Å². The molecule has 6 nitrogen and oxygen atoms in total.